The lowest BCUT2D eigenvalue weighted by atomic mass is 10.1. The van der Waals surface area contributed by atoms with Crippen molar-refractivity contribution >= 4 is 15.9 Å². The maximum atomic E-state index is 5.47. The van der Waals surface area contributed by atoms with Crippen molar-refractivity contribution in [2.75, 3.05) is 13.7 Å². The second-order valence-electron chi connectivity index (χ2n) is 3.85. The molecule has 0 aliphatic rings. The topological polar surface area (TPSA) is 66.0 Å². The molecule has 0 bridgehead atoms. The molecule has 2 rings (SSSR count). The number of aromatic nitrogens is 3. The van der Waals surface area contributed by atoms with Crippen LogP contribution in [0.4, 0.5) is 0 Å². The summed E-state index contributed by atoms with van der Waals surface area (Å²) in [6, 6.07) is 5.80. The van der Waals surface area contributed by atoms with Crippen molar-refractivity contribution in [3.63, 3.8) is 0 Å². The molecule has 6 heteroatoms. The number of aryl methyl sites for hydroxylation is 1. The monoisotopic (exact) mass is 310 g/mol. The van der Waals surface area contributed by atoms with E-state index in [-0.39, 0.29) is 0 Å². The molecule has 5 nitrogen and oxygen atoms in total. The van der Waals surface area contributed by atoms with Crippen LogP contribution in [0.2, 0.25) is 0 Å². The van der Waals surface area contributed by atoms with Crippen LogP contribution in [-0.2, 0) is 6.54 Å². The van der Waals surface area contributed by atoms with E-state index in [1.54, 1.807) is 11.8 Å². The van der Waals surface area contributed by atoms with Crippen LogP contribution in [0.1, 0.15) is 6.42 Å². The van der Waals surface area contributed by atoms with E-state index in [2.05, 4.69) is 26.2 Å². The van der Waals surface area contributed by atoms with Gasteiger partial charge in [0.05, 0.1) is 13.3 Å². The van der Waals surface area contributed by atoms with Gasteiger partial charge in [0.2, 0.25) is 0 Å². The minimum absolute atomic E-state index is 0.648. The lowest BCUT2D eigenvalue weighted by Gasteiger charge is -2.05. The van der Waals surface area contributed by atoms with E-state index in [4.69, 9.17) is 10.5 Å². The van der Waals surface area contributed by atoms with Gasteiger partial charge in [-0.25, -0.2) is 0 Å². The van der Waals surface area contributed by atoms with Gasteiger partial charge in [0.25, 0.3) is 0 Å². The molecule has 2 aromatic rings. The molecule has 0 spiro atoms. The van der Waals surface area contributed by atoms with Crippen molar-refractivity contribution in [1.82, 2.24) is 15.0 Å². The van der Waals surface area contributed by atoms with Crippen molar-refractivity contribution in [1.29, 1.82) is 0 Å². The van der Waals surface area contributed by atoms with Crippen LogP contribution in [0.25, 0.3) is 11.3 Å². The van der Waals surface area contributed by atoms with Crippen molar-refractivity contribution in [3.05, 3.63) is 28.9 Å². The third-order valence-electron chi connectivity index (χ3n) is 2.57. The van der Waals surface area contributed by atoms with Crippen molar-refractivity contribution in [3.8, 4) is 17.0 Å². The Kier molecular flexibility index (Phi) is 4.33. The second-order valence-corrected chi connectivity index (χ2v) is 4.77. The Morgan fingerprint density at radius 1 is 1.44 bits per heavy atom. The minimum Gasteiger partial charge on any atom is -0.496 e. The maximum Gasteiger partial charge on any atom is 0.128 e. The molecule has 0 aliphatic carbocycles. The first-order chi connectivity index (χ1) is 8.74. The SMILES string of the molecule is COc1ccc(Br)cc1-c1cn(CCCN)nn1. The summed E-state index contributed by atoms with van der Waals surface area (Å²) in [7, 11) is 1.64. The van der Waals surface area contributed by atoms with E-state index in [9.17, 15) is 0 Å². The average Bonchev–Trinajstić information content (AvgIpc) is 2.85. The number of hydrogen-bond donors (Lipinski definition) is 1. The fourth-order valence-corrected chi connectivity index (χ4v) is 2.03. The standard InChI is InChI=1S/C12H15BrN4O/c1-18-12-4-3-9(13)7-10(12)11-8-17(16-15-11)6-2-5-14/h3-4,7-8H,2,5-6,14H2,1H3. The fraction of sp³-hybridized carbons (Fsp3) is 0.333. The Morgan fingerprint density at radius 3 is 3.00 bits per heavy atom. The van der Waals surface area contributed by atoms with Gasteiger partial charge in [0.15, 0.2) is 0 Å². The van der Waals surface area contributed by atoms with Crippen LogP contribution >= 0.6 is 15.9 Å². The zero-order chi connectivity index (χ0) is 13.0. The summed E-state index contributed by atoms with van der Waals surface area (Å²) in [5, 5.41) is 8.24. The Balaban J connectivity index is 2.30. The van der Waals surface area contributed by atoms with Crippen LogP contribution in [0, 0.1) is 0 Å². The summed E-state index contributed by atoms with van der Waals surface area (Å²) >= 11 is 3.44. The quantitative estimate of drug-likeness (QED) is 0.918. The van der Waals surface area contributed by atoms with Gasteiger partial charge >= 0.3 is 0 Å². The zero-order valence-corrected chi connectivity index (χ0v) is 11.7. The lowest BCUT2D eigenvalue weighted by molar-refractivity contribution is 0.416. The Bertz CT molecular complexity index is 527. The molecule has 1 aromatic carbocycles. The Morgan fingerprint density at radius 2 is 2.28 bits per heavy atom. The van der Waals surface area contributed by atoms with E-state index in [0.717, 1.165) is 34.4 Å². The predicted molar refractivity (Wildman–Crippen MR) is 73.4 cm³/mol. The van der Waals surface area contributed by atoms with Crippen LogP contribution in [0.15, 0.2) is 28.9 Å². The number of nitrogens with zero attached hydrogens (tertiary/aromatic N) is 3. The molecule has 0 fully saturated rings. The number of ether oxygens (including phenoxy) is 1. The van der Waals surface area contributed by atoms with E-state index in [1.807, 2.05) is 24.4 Å². The smallest absolute Gasteiger partial charge is 0.128 e. The molecule has 1 heterocycles. The second kappa shape index (κ2) is 5.97. The summed E-state index contributed by atoms with van der Waals surface area (Å²) in [4.78, 5) is 0. The number of nitrogens with two attached hydrogens (primary N) is 1. The molecular formula is C12H15BrN4O. The Labute approximate surface area is 114 Å². The van der Waals surface area contributed by atoms with Crippen molar-refractivity contribution in [2.24, 2.45) is 5.73 Å². The number of hydrogen-bond acceptors (Lipinski definition) is 4. The molecule has 18 heavy (non-hydrogen) atoms. The summed E-state index contributed by atoms with van der Waals surface area (Å²) in [5.74, 6) is 0.782. The summed E-state index contributed by atoms with van der Waals surface area (Å²) in [6.07, 6.45) is 2.79. The van der Waals surface area contributed by atoms with Gasteiger partial charge in [0.1, 0.15) is 11.4 Å². The van der Waals surface area contributed by atoms with Crippen LogP contribution < -0.4 is 10.5 Å². The highest BCUT2D eigenvalue weighted by Gasteiger charge is 2.10. The lowest BCUT2D eigenvalue weighted by Crippen LogP contribution is -2.06. The minimum atomic E-state index is 0.648. The van der Waals surface area contributed by atoms with E-state index in [0.29, 0.717) is 6.54 Å². The maximum absolute atomic E-state index is 5.47. The molecule has 0 radical (unpaired) electrons. The van der Waals surface area contributed by atoms with Crippen molar-refractivity contribution in [2.45, 2.75) is 13.0 Å². The molecule has 1 aromatic heterocycles. The molecule has 0 atom stereocenters. The molecular weight excluding hydrogens is 296 g/mol. The normalized spacial score (nSPS) is 10.6. The van der Waals surface area contributed by atoms with Crippen molar-refractivity contribution < 1.29 is 4.74 Å². The molecule has 0 saturated carbocycles. The summed E-state index contributed by atoms with van der Waals surface area (Å²) in [5.41, 5.74) is 7.19. The predicted octanol–water partition coefficient (Wildman–Crippen LogP) is 2.06. The highest BCUT2D eigenvalue weighted by Crippen LogP contribution is 2.31. The van der Waals surface area contributed by atoms with Gasteiger partial charge in [-0.1, -0.05) is 21.1 Å². The largest absolute Gasteiger partial charge is 0.496 e. The zero-order valence-electron chi connectivity index (χ0n) is 10.1. The van der Waals surface area contributed by atoms with E-state index < -0.39 is 0 Å². The highest BCUT2D eigenvalue weighted by atomic mass is 79.9. The van der Waals surface area contributed by atoms with Crippen LogP contribution in [0.3, 0.4) is 0 Å². The molecule has 0 aliphatic heterocycles. The molecule has 0 saturated heterocycles. The van der Waals surface area contributed by atoms with E-state index >= 15 is 0 Å². The number of halogens is 1. The first kappa shape index (κ1) is 13.0. The van der Waals surface area contributed by atoms with Gasteiger partial charge in [-0.3, -0.25) is 4.68 Å². The fourth-order valence-electron chi connectivity index (χ4n) is 1.66. The number of rotatable bonds is 5. The van der Waals surface area contributed by atoms with Gasteiger partial charge in [0, 0.05) is 16.6 Å². The molecule has 0 amide bonds. The third-order valence-corrected chi connectivity index (χ3v) is 3.06. The van der Waals surface area contributed by atoms with Gasteiger partial charge in [-0.05, 0) is 31.2 Å². The summed E-state index contributed by atoms with van der Waals surface area (Å²) < 4.78 is 8.10. The molecule has 96 valence electrons. The van der Waals surface area contributed by atoms with Gasteiger partial charge in [-0.2, -0.15) is 0 Å². The first-order valence-corrected chi connectivity index (χ1v) is 6.48. The average molecular weight is 311 g/mol. The van der Waals surface area contributed by atoms with Crippen LogP contribution in [-0.4, -0.2) is 28.6 Å². The third kappa shape index (κ3) is 2.88. The molecule has 2 N–H and O–H groups in total. The number of methoxy groups -OCH3 is 1. The highest BCUT2D eigenvalue weighted by molar-refractivity contribution is 9.10. The van der Waals surface area contributed by atoms with Gasteiger partial charge < -0.3 is 10.5 Å². The van der Waals surface area contributed by atoms with Crippen LogP contribution in [0.5, 0.6) is 5.75 Å². The Hall–Kier alpha value is -1.40. The van der Waals surface area contributed by atoms with E-state index in [1.165, 1.54) is 0 Å². The first-order valence-electron chi connectivity index (χ1n) is 5.68. The molecule has 0 unspecified atom stereocenters. The number of benzene rings is 1. The summed E-state index contributed by atoms with van der Waals surface area (Å²) in [6.45, 7) is 1.43. The van der Waals surface area contributed by atoms with Gasteiger partial charge in [-0.15, -0.1) is 5.10 Å².